The summed E-state index contributed by atoms with van der Waals surface area (Å²) in [6, 6.07) is 7.12. The third-order valence-electron chi connectivity index (χ3n) is 4.21. The summed E-state index contributed by atoms with van der Waals surface area (Å²) in [6.45, 7) is 9.34. The first kappa shape index (κ1) is 19.0. The molecule has 0 aliphatic heterocycles. The van der Waals surface area contributed by atoms with Crippen LogP contribution >= 0.6 is 11.3 Å². The van der Waals surface area contributed by atoms with Crippen molar-refractivity contribution < 1.29 is 14.3 Å². The van der Waals surface area contributed by atoms with Gasteiger partial charge in [-0.2, -0.15) is 10.1 Å². The summed E-state index contributed by atoms with van der Waals surface area (Å²) in [5, 5.41) is 4.30. The number of nitrogens with zero attached hydrogens (tertiary/aromatic N) is 4. The fraction of sp³-hybridized carbons (Fsp3) is 0.368. The van der Waals surface area contributed by atoms with Crippen molar-refractivity contribution in [3.63, 3.8) is 0 Å². The molecule has 2 heterocycles. The van der Waals surface area contributed by atoms with Gasteiger partial charge < -0.3 is 9.30 Å². The quantitative estimate of drug-likeness (QED) is 0.631. The van der Waals surface area contributed by atoms with Gasteiger partial charge in [0, 0.05) is 18.8 Å². The number of aryl methyl sites for hydroxylation is 3. The zero-order valence-electron chi connectivity index (χ0n) is 15.9. The van der Waals surface area contributed by atoms with Gasteiger partial charge in [-0.15, -0.1) is 0 Å². The monoisotopic (exact) mass is 386 g/mol. The van der Waals surface area contributed by atoms with Gasteiger partial charge in [0.05, 0.1) is 22.4 Å². The number of rotatable bonds is 5. The van der Waals surface area contributed by atoms with Gasteiger partial charge in [0.1, 0.15) is 0 Å². The number of carbonyl (C=O) groups is 2. The Morgan fingerprint density at radius 2 is 1.96 bits per heavy atom. The van der Waals surface area contributed by atoms with Crippen molar-refractivity contribution in [3.05, 3.63) is 46.0 Å². The second-order valence-electron chi connectivity index (χ2n) is 5.94. The Hall–Kier alpha value is -2.74. The van der Waals surface area contributed by atoms with Crippen molar-refractivity contribution in [2.45, 2.75) is 40.8 Å². The van der Waals surface area contributed by atoms with Crippen molar-refractivity contribution in [1.82, 2.24) is 14.3 Å². The van der Waals surface area contributed by atoms with Crippen LogP contribution in [-0.2, 0) is 17.8 Å². The second-order valence-corrected chi connectivity index (χ2v) is 6.94. The van der Waals surface area contributed by atoms with E-state index in [1.165, 1.54) is 11.3 Å². The van der Waals surface area contributed by atoms with Crippen molar-refractivity contribution in [3.8, 4) is 0 Å². The molecule has 7 nitrogen and oxygen atoms in total. The molecule has 0 atom stereocenters. The molecular weight excluding hydrogens is 364 g/mol. The largest absolute Gasteiger partial charge is 0.462 e. The summed E-state index contributed by atoms with van der Waals surface area (Å²) < 4.78 is 9.66. The molecule has 3 rings (SSSR count). The molecule has 142 valence electrons. The molecule has 0 aliphatic rings. The smallest absolute Gasteiger partial charge is 0.338 e. The molecule has 1 amide bonds. The Labute approximate surface area is 160 Å². The van der Waals surface area contributed by atoms with Gasteiger partial charge in [-0.05, 0) is 52.0 Å². The summed E-state index contributed by atoms with van der Waals surface area (Å²) >= 11 is 1.37. The summed E-state index contributed by atoms with van der Waals surface area (Å²) in [5.74, 6) is -0.726. The molecule has 0 N–H and O–H groups in total. The molecule has 0 saturated heterocycles. The van der Waals surface area contributed by atoms with Crippen LogP contribution < -0.4 is 4.80 Å². The van der Waals surface area contributed by atoms with Crippen LogP contribution in [0.4, 0.5) is 0 Å². The van der Waals surface area contributed by atoms with Crippen LogP contribution in [0.3, 0.4) is 0 Å². The highest BCUT2D eigenvalue weighted by atomic mass is 32.1. The SMILES string of the molecule is CCOC(=O)c1ccc2c(c1)sc(=NC(=O)c1cc(C)n(CC)n1)n2CC. The van der Waals surface area contributed by atoms with E-state index < -0.39 is 0 Å². The number of aromatic nitrogens is 3. The average molecular weight is 386 g/mol. The molecule has 0 radical (unpaired) electrons. The lowest BCUT2D eigenvalue weighted by Crippen LogP contribution is -2.16. The number of amides is 1. The Balaban J connectivity index is 2.05. The number of thiazole rings is 1. The number of fused-ring (bicyclic) bond motifs is 1. The van der Waals surface area contributed by atoms with Gasteiger partial charge in [0.15, 0.2) is 10.5 Å². The van der Waals surface area contributed by atoms with Crippen LogP contribution in [0.25, 0.3) is 10.2 Å². The summed E-state index contributed by atoms with van der Waals surface area (Å²) in [4.78, 5) is 29.4. The van der Waals surface area contributed by atoms with Gasteiger partial charge >= 0.3 is 5.97 Å². The first-order valence-electron chi connectivity index (χ1n) is 8.92. The van der Waals surface area contributed by atoms with E-state index >= 15 is 0 Å². The molecule has 0 bridgehead atoms. The second kappa shape index (κ2) is 7.87. The molecule has 27 heavy (non-hydrogen) atoms. The first-order chi connectivity index (χ1) is 13.0. The van der Waals surface area contributed by atoms with E-state index in [9.17, 15) is 9.59 Å². The van der Waals surface area contributed by atoms with Crippen LogP contribution in [-0.4, -0.2) is 32.8 Å². The Bertz CT molecular complexity index is 1070. The lowest BCUT2D eigenvalue weighted by Gasteiger charge is -2.03. The predicted molar refractivity (Wildman–Crippen MR) is 104 cm³/mol. The number of carbonyl (C=O) groups excluding carboxylic acids is 2. The lowest BCUT2D eigenvalue weighted by molar-refractivity contribution is 0.0526. The van der Waals surface area contributed by atoms with E-state index in [1.807, 2.05) is 31.4 Å². The van der Waals surface area contributed by atoms with E-state index in [4.69, 9.17) is 4.74 Å². The minimum Gasteiger partial charge on any atom is -0.462 e. The molecule has 8 heteroatoms. The Kier molecular flexibility index (Phi) is 5.55. The maximum absolute atomic E-state index is 12.6. The number of esters is 1. The molecule has 2 aromatic heterocycles. The van der Waals surface area contributed by atoms with Crippen molar-refractivity contribution in [2.24, 2.45) is 4.99 Å². The highest BCUT2D eigenvalue weighted by molar-refractivity contribution is 7.16. The molecular formula is C19H22N4O3S. The maximum Gasteiger partial charge on any atom is 0.338 e. The first-order valence-corrected chi connectivity index (χ1v) is 9.74. The van der Waals surface area contributed by atoms with Gasteiger partial charge in [0.2, 0.25) is 0 Å². The minimum absolute atomic E-state index is 0.329. The fourth-order valence-corrected chi connectivity index (χ4v) is 4.02. The van der Waals surface area contributed by atoms with Crippen LogP contribution in [0.15, 0.2) is 29.3 Å². The predicted octanol–water partition coefficient (Wildman–Crippen LogP) is 3.17. The fourth-order valence-electron chi connectivity index (χ4n) is 2.88. The summed E-state index contributed by atoms with van der Waals surface area (Å²) in [6.07, 6.45) is 0. The van der Waals surface area contributed by atoms with Crippen LogP contribution in [0.5, 0.6) is 0 Å². The molecule has 0 fully saturated rings. The number of hydrogen-bond acceptors (Lipinski definition) is 5. The topological polar surface area (TPSA) is 78.5 Å². The Morgan fingerprint density at radius 3 is 2.59 bits per heavy atom. The number of ether oxygens (including phenoxy) is 1. The van der Waals surface area contributed by atoms with Crippen LogP contribution in [0.1, 0.15) is 47.3 Å². The van der Waals surface area contributed by atoms with Crippen LogP contribution in [0, 0.1) is 6.92 Å². The van der Waals surface area contributed by atoms with E-state index in [1.54, 1.807) is 29.8 Å². The van der Waals surface area contributed by atoms with Gasteiger partial charge in [-0.3, -0.25) is 9.48 Å². The minimum atomic E-state index is -0.371. The zero-order chi connectivity index (χ0) is 19.6. The van der Waals surface area contributed by atoms with Crippen molar-refractivity contribution in [1.29, 1.82) is 0 Å². The number of benzene rings is 1. The third kappa shape index (κ3) is 3.71. The van der Waals surface area contributed by atoms with Crippen molar-refractivity contribution >= 4 is 33.4 Å². The Morgan fingerprint density at radius 1 is 1.19 bits per heavy atom. The molecule has 0 aliphatic carbocycles. The summed E-state index contributed by atoms with van der Waals surface area (Å²) in [5.41, 5.74) is 2.68. The average Bonchev–Trinajstić information content (AvgIpc) is 3.20. The molecule has 1 aromatic carbocycles. The number of hydrogen-bond donors (Lipinski definition) is 0. The highest BCUT2D eigenvalue weighted by Gasteiger charge is 2.14. The third-order valence-corrected chi connectivity index (χ3v) is 5.25. The summed E-state index contributed by atoms with van der Waals surface area (Å²) in [7, 11) is 0. The maximum atomic E-state index is 12.6. The molecule has 0 spiro atoms. The van der Waals surface area contributed by atoms with E-state index in [0.29, 0.717) is 35.8 Å². The zero-order valence-corrected chi connectivity index (χ0v) is 16.7. The van der Waals surface area contributed by atoms with E-state index in [-0.39, 0.29) is 11.9 Å². The molecule has 0 saturated carbocycles. The van der Waals surface area contributed by atoms with Crippen molar-refractivity contribution in [2.75, 3.05) is 6.61 Å². The van der Waals surface area contributed by atoms with E-state index in [0.717, 1.165) is 15.9 Å². The van der Waals surface area contributed by atoms with Gasteiger partial charge in [0.25, 0.3) is 5.91 Å². The highest BCUT2D eigenvalue weighted by Crippen LogP contribution is 2.20. The van der Waals surface area contributed by atoms with Gasteiger partial charge in [-0.1, -0.05) is 11.3 Å². The lowest BCUT2D eigenvalue weighted by atomic mass is 10.2. The van der Waals surface area contributed by atoms with Crippen LogP contribution in [0.2, 0.25) is 0 Å². The van der Waals surface area contributed by atoms with Gasteiger partial charge in [-0.25, -0.2) is 4.79 Å². The van der Waals surface area contributed by atoms with E-state index in [2.05, 4.69) is 10.1 Å². The normalized spacial score (nSPS) is 11.9. The molecule has 0 unspecified atom stereocenters. The standard InChI is InChI=1S/C19H22N4O3S/c1-5-22-15-9-8-13(18(25)26-7-3)11-16(15)27-19(22)20-17(24)14-10-12(4)23(6-2)21-14/h8-11H,5-7H2,1-4H3. The molecule has 3 aromatic rings.